The zero-order valence-electron chi connectivity index (χ0n) is 11.9. The molecular formula is C16H24N2O. The van der Waals surface area contributed by atoms with Gasteiger partial charge in [0, 0.05) is 13.1 Å². The summed E-state index contributed by atoms with van der Waals surface area (Å²) in [6, 6.07) is 9.65. The van der Waals surface area contributed by atoms with Crippen molar-refractivity contribution in [3.8, 4) is 0 Å². The first-order valence-electron chi connectivity index (χ1n) is 7.19. The zero-order valence-corrected chi connectivity index (χ0v) is 11.9. The highest BCUT2D eigenvalue weighted by atomic mass is 16.2. The molecule has 1 heterocycles. The summed E-state index contributed by atoms with van der Waals surface area (Å²) in [6.45, 7) is 5.73. The quantitative estimate of drug-likeness (QED) is 0.907. The van der Waals surface area contributed by atoms with Crippen molar-refractivity contribution in [2.45, 2.75) is 38.6 Å². The number of nitrogens with zero attached hydrogens (tertiary/aromatic N) is 1. The minimum atomic E-state index is -0.916. The molecule has 1 aliphatic heterocycles. The number of rotatable bonds is 3. The molecule has 104 valence electrons. The molecule has 1 saturated heterocycles. The third-order valence-electron chi connectivity index (χ3n) is 4.30. The van der Waals surface area contributed by atoms with Gasteiger partial charge in [-0.1, -0.05) is 43.7 Å². The number of hydrogen-bond acceptors (Lipinski definition) is 2. The number of likely N-dealkylation sites (tertiary alicyclic amines) is 1. The van der Waals surface area contributed by atoms with Gasteiger partial charge in [0.25, 0.3) is 0 Å². The number of carbonyl (C=O) groups excluding carboxylic acids is 1. The Morgan fingerprint density at radius 2 is 1.89 bits per heavy atom. The lowest BCUT2D eigenvalue weighted by atomic mass is 9.89. The van der Waals surface area contributed by atoms with Gasteiger partial charge in [-0.25, -0.2) is 0 Å². The van der Waals surface area contributed by atoms with Crippen LogP contribution in [-0.4, -0.2) is 23.9 Å². The first-order valence-corrected chi connectivity index (χ1v) is 7.19. The number of hydrogen-bond donors (Lipinski definition) is 1. The first-order chi connectivity index (χ1) is 9.05. The normalized spacial score (nSPS) is 20.1. The molecule has 1 aromatic carbocycles. The second-order valence-electron chi connectivity index (χ2n) is 5.71. The molecule has 1 unspecified atom stereocenters. The average molecular weight is 260 g/mol. The lowest BCUT2D eigenvalue weighted by Crippen LogP contribution is -2.52. The Hall–Kier alpha value is -1.35. The molecule has 0 aromatic heterocycles. The van der Waals surface area contributed by atoms with Crippen molar-refractivity contribution >= 4 is 5.91 Å². The van der Waals surface area contributed by atoms with Gasteiger partial charge in [0.15, 0.2) is 0 Å². The molecule has 1 amide bonds. The van der Waals surface area contributed by atoms with E-state index in [4.69, 9.17) is 5.73 Å². The maximum absolute atomic E-state index is 12.6. The average Bonchev–Trinajstić information content (AvgIpc) is 2.47. The van der Waals surface area contributed by atoms with E-state index in [0.717, 1.165) is 37.4 Å². The molecule has 0 radical (unpaired) electrons. The Morgan fingerprint density at radius 3 is 2.42 bits per heavy atom. The van der Waals surface area contributed by atoms with Crippen LogP contribution in [0, 0.1) is 5.92 Å². The Labute approximate surface area is 115 Å². The number of carbonyl (C=O) groups is 1. The largest absolute Gasteiger partial charge is 0.341 e. The van der Waals surface area contributed by atoms with Gasteiger partial charge in [-0.2, -0.15) is 0 Å². The second-order valence-corrected chi connectivity index (χ2v) is 5.71. The molecule has 1 aliphatic rings. The van der Waals surface area contributed by atoms with Gasteiger partial charge in [0.1, 0.15) is 5.54 Å². The summed E-state index contributed by atoms with van der Waals surface area (Å²) in [6.07, 6.45) is 3.42. The van der Waals surface area contributed by atoms with Crippen molar-refractivity contribution in [3.05, 3.63) is 35.9 Å². The summed E-state index contributed by atoms with van der Waals surface area (Å²) < 4.78 is 0. The van der Waals surface area contributed by atoms with Crippen LogP contribution in [0.2, 0.25) is 0 Å². The van der Waals surface area contributed by atoms with Gasteiger partial charge in [-0.3, -0.25) is 4.79 Å². The Kier molecular flexibility index (Phi) is 4.25. The van der Waals surface area contributed by atoms with Crippen LogP contribution in [0.5, 0.6) is 0 Å². The van der Waals surface area contributed by atoms with E-state index in [1.165, 1.54) is 6.42 Å². The Bertz CT molecular complexity index is 420. The summed E-state index contributed by atoms with van der Waals surface area (Å²) in [7, 11) is 0. The Morgan fingerprint density at radius 1 is 1.32 bits per heavy atom. The fourth-order valence-corrected chi connectivity index (χ4v) is 2.78. The second kappa shape index (κ2) is 5.74. The monoisotopic (exact) mass is 260 g/mol. The van der Waals surface area contributed by atoms with Crippen LogP contribution >= 0.6 is 0 Å². The minimum Gasteiger partial charge on any atom is -0.341 e. The molecule has 1 atom stereocenters. The van der Waals surface area contributed by atoms with Crippen LogP contribution in [-0.2, 0) is 10.3 Å². The highest BCUT2D eigenvalue weighted by Crippen LogP contribution is 2.25. The number of benzene rings is 1. The van der Waals surface area contributed by atoms with Gasteiger partial charge in [0.2, 0.25) is 5.91 Å². The predicted molar refractivity (Wildman–Crippen MR) is 77.6 cm³/mol. The van der Waals surface area contributed by atoms with E-state index in [2.05, 4.69) is 6.92 Å². The minimum absolute atomic E-state index is 0.0493. The van der Waals surface area contributed by atoms with Crippen LogP contribution in [0.1, 0.15) is 38.7 Å². The topological polar surface area (TPSA) is 46.3 Å². The zero-order chi connectivity index (χ0) is 13.9. The highest BCUT2D eigenvalue weighted by molar-refractivity contribution is 5.87. The molecule has 0 spiro atoms. The molecule has 2 rings (SSSR count). The lowest BCUT2D eigenvalue weighted by molar-refractivity contribution is -0.138. The molecule has 0 aliphatic carbocycles. The maximum atomic E-state index is 12.6. The first kappa shape index (κ1) is 14.1. The third kappa shape index (κ3) is 2.98. The van der Waals surface area contributed by atoms with E-state index >= 15 is 0 Å². The van der Waals surface area contributed by atoms with E-state index in [-0.39, 0.29) is 5.91 Å². The molecule has 3 nitrogen and oxygen atoms in total. The maximum Gasteiger partial charge on any atom is 0.246 e. The van der Waals surface area contributed by atoms with Crippen LogP contribution in [0.15, 0.2) is 30.3 Å². The van der Waals surface area contributed by atoms with Crippen molar-refractivity contribution in [1.29, 1.82) is 0 Å². The number of amides is 1. The molecule has 0 bridgehead atoms. The van der Waals surface area contributed by atoms with Gasteiger partial charge in [-0.05, 0) is 31.2 Å². The van der Waals surface area contributed by atoms with Crippen molar-refractivity contribution in [2.24, 2.45) is 11.7 Å². The summed E-state index contributed by atoms with van der Waals surface area (Å²) in [5.74, 6) is 0.818. The summed E-state index contributed by atoms with van der Waals surface area (Å²) in [5.41, 5.74) is 6.26. The smallest absolute Gasteiger partial charge is 0.246 e. The third-order valence-corrected chi connectivity index (χ3v) is 4.30. The van der Waals surface area contributed by atoms with Crippen LogP contribution in [0.3, 0.4) is 0 Å². The molecule has 0 saturated carbocycles. The van der Waals surface area contributed by atoms with Crippen molar-refractivity contribution in [1.82, 2.24) is 4.90 Å². The molecule has 2 N–H and O–H groups in total. The molecule has 1 fully saturated rings. The summed E-state index contributed by atoms with van der Waals surface area (Å²) in [4.78, 5) is 14.5. The molecule has 19 heavy (non-hydrogen) atoms. The summed E-state index contributed by atoms with van der Waals surface area (Å²) in [5, 5.41) is 0. The van der Waals surface area contributed by atoms with E-state index in [0.29, 0.717) is 0 Å². The van der Waals surface area contributed by atoms with Crippen molar-refractivity contribution in [2.75, 3.05) is 13.1 Å². The number of piperidine rings is 1. The molecular weight excluding hydrogens is 236 g/mol. The van der Waals surface area contributed by atoms with Crippen molar-refractivity contribution in [3.63, 3.8) is 0 Å². The summed E-state index contributed by atoms with van der Waals surface area (Å²) >= 11 is 0. The highest BCUT2D eigenvalue weighted by Gasteiger charge is 2.35. The van der Waals surface area contributed by atoms with E-state index < -0.39 is 5.54 Å². The van der Waals surface area contributed by atoms with E-state index in [1.807, 2.05) is 42.2 Å². The van der Waals surface area contributed by atoms with Gasteiger partial charge >= 0.3 is 0 Å². The Balaban J connectivity index is 2.07. The van der Waals surface area contributed by atoms with Crippen LogP contribution in [0.4, 0.5) is 0 Å². The predicted octanol–water partition coefficient (Wildman–Crippen LogP) is 2.51. The SMILES string of the molecule is CCC1CCN(C(=O)C(C)(N)c2ccccc2)CC1. The lowest BCUT2D eigenvalue weighted by Gasteiger charge is -2.36. The van der Waals surface area contributed by atoms with Crippen LogP contribution in [0.25, 0.3) is 0 Å². The fraction of sp³-hybridized carbons (Fsp3) is 0.562. The van der Waals surface area contributed by atoms with E-state index in [1.54, 1.807) is 0 Å². The van der Waals surface area contributed by atoms with Gasteiger partial charge in [-0.15, -0.1) is 0 Å². The fourth-order valence-electron chi connectivity index (χ4n) is 2.78. The molecule has 3 heteroatoms. The van der Waals surface area contributed by atoms with Crippen molar-refractivity contribution < 1.29 is 4.79 Å². The van der Waals surface area contributed by atoms with Gasteiger partial charge < -0.3 is 10.6 Å². The van der Waals surface area contributed by atoms with E-state index in [9.17, 15) is 4.79 Å². The number of nitrogens with two attached hydrogens (primary N) is 1. The molecule has 1 aromatic rings. The van der Waals surface area contributed by atoms with Gasteiger partial charge in [0.05, 0.1) is 0 Å². The van der Waals surface area contributed by atoms with Crippen LogP contribution < -0.4 is 5.73 Å². The standard InChI is InChI=1S/C16H24N2O/c1-3-13-9-11-18(12-10-13)15(19)16(2,17)14-7-5-4-6-8-14/h4-8,13H,3,9-12,17H2,1-2H3.